The maximum atomic E-state index is 13.6. The van der Waals surface area contributed by atoms with Crippen molar-refractivity contribution in [2.24, 2.45) is 0 Å². The molecule has 1 fully saturated rings. The zero-order chi connectivity index (χ0) is 30.2. The van der Waals surface area contributed by atoms with Crippen LogP contribution in [0.5, 0.6) is 11.5 Å². The van der Waals surface area contributed by atoms with Gasteiger partial charge in [0.15, 0.2) is 5.82 Å². The lowest BCUT2D eigenvalue weighted by atomic mass is 10.1. The maximum Gasteiger partial charge on any atom is 0.254 e. The van der Waals surface area contributed by atoms with Crippen molar-refractivity contribution in [1.82, 2.24) is 20.0 Å². The minimum absolute atomic E-state index is 0.107. The van der Waals surface area contributed by atoms with Crippen LogP contribution in [0.4, 0.5) is 10.2 Å². The van der Waals surface area contributed by atoms with E-state index < -0.39 is 0 Å². The molecule has 5 rings (SSSR count). The molecule has 4 aromatic rings. The Morgan fingerprint density at radius 3 is 2.30 bits per heavy atom. The van der Waals surface area contributed by atoms with Crippen LogP contribution >= 0.6 is 0 Å². The van der Waals surface area contributed by atoms with Crippen molar-refractivity contribution in [3.8, 4) is 22.8 Å². The molecule has 0 N–H and O–H groups in total. The molecule has 0 bridgehead atoms. The van der Waals surface area contributed by atoms with E-state index >= 15 is 0 Å². The Balaban J connectivity index is 1.25. The van der Waals surface area contributed by atoms with E-state index in [2.05, 4.69) is 15.1 Å². The normalized spacial score (nSPS) is 13.3. The Hall–Kier alpha value is -4.99. The Labute approximate surface area is 250 Å². The lowest BCUT2D eigenvalue weighted by Crippen LogP contribution is -2.44. The van der Waals surface area contributed by atoms with Crippen LogP contribution in [-0.2, 0) is 11.3 Å². The molecule has 0 atom stereocenters. The van der Waals surface area contributed by atoms with Crippen molar-refractivity contribution in [3.63, 3.8) is 0 Å². The van der Waals surface area contributed by atoms with Gasteiger partial charge in [0, 0.05) is 43.9 Å². The van der Waals surface area contributed by atoms with E-state index in [0.717, 1.165) is 41.4 Å². The second kappa shape index (κ2) is 13.8. The highest BCUT2D eigenvalue weighted by Gasteiger charge is 2.25. The number of anilines is 1. The summed E-state index contributed by atoms with van der Waals surface area (Å²) in [5, 5.41) is 8.88. The second-order valence-corrected chi connectivity index (χ2v) is 10.2. The lowest BCUT2D eigenvalue weighted by molar-refractivity contribution is -0.131. The summed E-state index contributed by atoms with van der Waals surface area (Å²) in [4.78, 5) is 32.5. The number of aromatic nitrogens is 2. The molecular formula is C33H34FN5O4. The van der Waals surface area contributed by atoms with Gasteiger partial charge in [0.05, 0.1) is 19.9 Å². The summed E-state index contributed by atoms with van der Waals surface area (Å²) in [6.45, 7) is 2.41. The Bertz CT molecular complexity index is 1530. The number of hydrogen-bond acceptors (Lipinski definition) is 7. The predicted octanol–water partition coefficient (Wildman–Crippen LogP) is 4.68. The summed E-state index contributed by atoms with van der Waals surface area (Å²) in [6.07, 6.45) is 0.745. The smallest absolute Gasteiger partial charge is 0.254 e. The number of hydrogen-bond donors (Lipinski definition) is 0. The molecule has 0 unspecified atom stereocenters. The van der Waals surface area contributed by atoms with Crippen LogP contribution in [0, 0.1) is 5.82 Å². The van der Waals surface area contributed by atoms with E-state index in [0.29, 0.717) is 30.9 Å². The second-order valence-electron chi connectivity index (χ2n) is 10.2. The first-order valence-corrected chi connectivity index (χ1v) is 14.1. The maximum absolute atomic E-state index is 13.6. The molecule has 0 aliphatic carbocycles. The minimum Gasteiger partial charge on any atom is -0.497 e. The quantitative estimate of drug-likeness (QED) is 0.283. The van der Waals surface area contributed by atoms with Crippen LogP contribution in [0.25, 0.3) is 11.3 Å². The molecule has 9 nitrogen and oxygen atoms in total. The number of nitrogens with zero attached hydrogens (tertiary/aromatic N) is 5. The fourth-order valence-corrected chi connectivity index (χ4v) is 5.02. The molecule has 1 aliphatic heterocycles. The van der Waals surface area contributed by atoms with E-state index in [1.54, 1.807) is 48.4 Å². The molecule has 0 spiro atoms. The van der Waals surface area contributed by atoms with Crippen LogP contribution in [-0.4, -0.2) is 78.8 Å². The molecule has 0 radical (unpaired) electrons. The zero-order valence-corrected chi connectivity index (χ0v) is 24.3. The molecule has 10 heteroatoms. The molecule has 2 amide bonds. The fourth-order valence-electron chi connectivity index (χ4n) is 5.02. The van der Waals surface area contributed by atoms with E-state index in [1.807, 2.05) is 36.4 Å². The van der Waals surface area contributed by atoms with Crippen LogP contribution < -0.4 is 14.4 Å². The van der Waals surface area contributed by atoms with Gasteiger partial charge in [0.2, 0.25) is 5.91 Å². The van der Waals surface area contributed by atoms with Crippen molar-refractivity contribution >= 4 is 17.6 Å². The standard InChI is InChI=1S/C33H34FN5O4/c1-42-28-13-9-25(10-14-28)30-15-16-31(36-35-30)37-17-4-18-38(20-19-37)32(40)23-39(22-24-7-11-27(34)12-8-24)33(41)26-5-3-6-29(21-26)43-2/h3,5-16,21H,4,17-20,22-23H2,1-2H3. The minimum atomic E-state index is -0.361. The number of carbonyl (C=O) groups excluding carboxylic acids is 2. The zero-order valence-electron chi connectivity index (χ0n) is 24.3. The summed E-state index contributed by atoms with van der Waals surface area (Å²) < 4.78 is 24.0. The summed E-state index contributed by atoms with van der Waals surface area (Å²) in [7, 11) is 3.16. The number of ether oxygens (including phenoxy) is 2. The summed E-state index contributed by atoms with van der Waals surface area (Å²) in [5.41, 5.74) is 2.85. The van der Waals surface area contributed by atoms with Crippen molar-refractivity contribution < 1.29 is 23.5 Å². The topological polar surface area (TPSA) is 88.1 Å². The molecule has 43 heavy (non-hydrogen) atoms. The number of carbonyl (C=O) groups is 2. The molecule has 0 saturated carbocycles. The number of benzene rings is 3. The first-order valence-electron chi connectivity index (χ1n) is 14.1. The van der Waals surface area contributed by atoms with Crippen molar-refractivity contribution in [2.75, 3.05) is 51.8 Å². The van der Waals surface area contributed by atoms with Crippen molar-refractivity contribution in [1.29, 1.82) is 0 Å². The monoisotopic (exact) mass is 583 g/mol. The van der Waals surface area contributed by atoms with Crippen LogP contribution in [0.15, 0.2) is 84.9 Å². The largest absolute Gasteiger partial charge is 0.497 e. The Morgan fingerprint density at radius 1 is 0.837 bits per heavy atom. The van der Waals surface area contributed by atoms with E-state index in [9.17, 15) is 14.0 Å². The van der Waals surface area contributed by atoms with E-state index in [4.69, 9.17) is 9.47 Å². The molecule has 3 aromatic carbocycles. The highest BCUT2D eigenvalue weighted by atomic mass is 19.1. The predicted molar refractivity (Wildman–Crippen MR) is 162 cm³/mol. The lowest BCUT2D eigenvalue weighted by Gasteiger charge is -2.27. The summed E-state index contributed by atoms with van der Waals surface area (Å²) in [6, 6.07) is 24.3. The van der Waals surface area contributed by atoms with Gasteiger partial charge in [-0.2, -0.15) is 0 Å². The summed E-state index contributed by atoms with van der Waals surface area (Å²) in [5.74, 6) is 1.26. The fraction of sp³-hybridized carbons (Fsp3) is 0.273. The molecule has 1 aliphatic rings. The van der Waals surface area contributed by atoms with Crippen molar-refractivity contribution in [3.05, 3.63) is 102 Å². The number of rotatable bonds is 9. The van der Waals surface area contributed by atoms with Crippen LogP contribution in [0.3, 0.4) is 0 Å². The van der Waals surface area contributed by atoms with E-state index in [-0.39, 0.29) is 30.7 Å². The first-order chi connectivity index (χ1) is 20.9. The average molecular weight is 584 g/mol. The third-order valence-corrected chi connectivity index (χ3v) is 7.43. The van der Waals surface area contributed by atoms with Gasteiger partial charge >= 0.3 is 0 Å². The SMILES string of the molecule is COc1ccc(-c2ccc(N3CCCN(C(=O)CN(Cc4ccc(F)cc4)C(=O)c4cccc(OC)c4)CC3)nn2)cc1. The Morgan fingerprint density at radius 2 is 1.60 bits per heavy atom. The van der Waals surface area contributed by atoms with E-state index in [1.165, 1.54) is 24.1 Å². The van der Waals surface area contributed by atoms with Gasteiger partial charge < -0.3 is 24.2 Å². The van der Waals surface area contributed by atoms with Gasteiger partial charge in [0.1, 0.15) is 23.9 Å². The molecule has 1 saturated heterocycles. The molecule has 1 aromatic heterocycles. The number of halogens is 1. The third kappa shape index (κ3) is 7.45. The van der Waals surface area contributed by atoms with Crippen LogP contribution in [0.1, 0.15) is 22.3 Å². The molecule has 222 valence electrons. The molecule has 2 heterocycles. The number of amides is 2. The Kier molecular flexibility index (Phi) is 9.46. The number of methoxy groups -OCH3 is 2. The highest BCUT2D eigenvalue weighted by molar-refractivity contribution is 5.96. The van der Waals surface area contributed by atoms with Gasteiger partial charge in [-0.3, -0.25) is 9.59 Å². The van der Waals surface area contributed by atoms with Crippen LogP contribution in [0.2, 0.25) is 0 Å². The average Bonchev–Trinajstić information content (AvgIpc) is 3.32. The van der Waals surface area contributed by atoms with Gasteiger partial charge in [-0.25, -0.2) is 4.39 Å². The van der Waals surface area contributed by atoms with Crippen molar-refractivity contribution in [2.45, 2.75) is 13.0 Å². The van der Waals surface area contributed by atoms with Gasteiger partial charge in [-0.05, 0) is 78.7 Å². The van der Waals surface area contributed by atoms with Gasteiger partial charge in [-0.15, -0.1) is 10.2 Å². The summed E-state index contributed by atoms with van der Waals surface area (Å²) >= 11 is 0. The van der Waals surface area contributed by atoms with Gasteiger partial charge in [0.25, 0.3) is 5.91 Å². The third-order valence-electron chi connectivity index (χ3n) is 7.43. The molecular weight excluding hydrogens is 549 g/mol. The first kappa shape index (κ1) is 29.5. The highest BCUT2D eigenvalue weighted by Crippen LogP contribution is 2.22. The van der Waals surface area contributed by atoms with Gasteiger partial charge in [-0.1, -0.05) is 18.2 Å².